The van der Waals surface area contributed by atoms with Crippen LogP contribution in [0.4, 0.5) is 0 Å². The van der Waals surface area contributed by atoms with E-state index >= 15 is 0 Å². The third-order valence-electron chi connectivity index (χ3n) is 2.93. The van der Waals surface area contributed by atoms with Crippen molar-refractivity contribution in [2.45, 2.75) is 31.7 Å². The summed E-state index contributed by atoms with van der Waals surface area (Å²) in [5.74, 6) is 0.223. The average molecular weight is 189 g/mol. The summed E-state index contributed by atoms with van der Waals surface area (Å²) in [6.45, 7) is 1.77. The zero-order chi connectivity index (χ0) is 10.1. The monoisotopic (exact) mass is 189 g/mol. The first-order valence-corrected chi connectivity index (χ1v) is 5.07. The molecule has 2 unspecified atom stereocenters. The van der Waals surface area contributed by atoms with Crippen LogP contribution in [0.3, 0.4) is 0 Å². The molecule has 0 radical (unpaired) electrons. The molecule has 14 heavy (non-hydrogen) atoms. The van der Waals surface area contributed by atoms with Gasteiger partial charge in [-0.15, -0.1) is 0 Å². The number of hydrogen-bond donors (Lipinski definition) is 1. The van der Waals surface area contributed by atoms with Crippen molar-refractivity contribution in [3.63, 3.8) is 0 Å². The number of benzene rings is 1. The maximum atomic E-state index is 11.8. The van der Waals surface area contributed by atoms with E-state index in [0.29, 0.717) is 0 Å². The highest BCUT2D eigenvalue weighted by Crippen LogP contribution is 2.33. The normalized spacial score (nSPS) is 21.7. The quantitative estimate of drug-likeness (QED) is 0.768. The van der Waals surface area contributed by atoms with E-state index < -0.39 is 0 Å². The van der Waals surface area contributed by atoms with E-state index in [9.17, 15) is 4.79 Å². The van der Waals surface area contributed by atoms with Crippen LogP contribution in [0.1, 0.15) is 30.4 Å². The van der Waals surface area contributed by atoms with Crippen molar-refractivity contribution in [1.82, 2.24) is 0 Å². The summed E-state index contributed by atoms with van der Waals surface area (Å²) in [6.07, 6.45) is 1.94. The van der Waals surface area contributed by atoms with E-state index in [2.05, 4.69) is 6.07 Å². The van der Waals surface area contributed by atoms with Gasteiger partial charge in [-0.3, -0.25) is 4.79 Å². The molecule has 1 aromatic carbocycles. The van der Waals surface area contributed by atoms with Crippen molar-refractivity contribution in [3.05, 3.63) is 35.4 Å². The van der Waals surface area contributed by atoms with Gasteiger partial charge in [0.05, 0.1) is 6.04 Å². The standard InChI is InChI=1S/C12H15NO/c1-8(13)12(14)11-7-6-9-4-2-3-5-10(9)11/h2-5,8,11H,6-7,13H2,1H3. The lowest BCUT2D eigenvalue weighted by Gasteiger charge is -2.12. The van der Waals surface area contributed by atoms with E-state index in [1.54, 1.807) is 6.92 Å². The van der Waals surface area contributed by atoms with Gasteiger partial charge in [0.2, 0.25) is 0 Å². The molecule has 0 amide bonds. The van der Waals surface area contributed by atoms with Crippen LogP contribution in [0.15, 0.2) is 24.3 Å². The minimum Gasteiger partial charge on any atom is -0.322 e. The van der Waals surface area contributed by atoms with Crippen LogP contribution in [-0.4, -0.2) is 11.8 Å². The van der Waals surface area contributed by atoms with E-state index in [4.69, 9.17) is 5.73 Å². The second-order valence-corrected chi connectivity index (χ2v) is 3.98. The maximum absolute atomic E-state index is 11.8. The van der Waals surface area contributed by atoms with Gasteiger partial charge in [0, 0.05) is 5.92 Å². The van der Waals surface area contributed by atoms with Crippen LogP contribution in [0.2, 0.25) is 0 Å². The van der Waals surface area contributed by atoms with Gasteiger partial charge in [-0.1, -0.05) is 24.3 Å². The number of aryl methyl sites for hydroxylation is 1. The van der Waals surface area contributed by atoms with Gasteiger partial charge in [0.1, 0.15) is 0 Å². The fraction of sp³-hybridized carbons (Fsp3) is 0.417. The molecule has 0 aliphatic heterocycles. The predicted molar refractivity (Wildman–Crippen MR) is 56.2 cm³/mol. The van der Waals surface area contributed by atoms with E-state index in [-0.39, 0.29) is 17.7 Å². The van der Waals surface area contributed by atoms with Gasteiger partial charge in [-0.05, 0) is 30.9 Å². The third-order valence-corrected chi connectivity index (χ3v) is 2.93. The summed E-state index contributed by atoms with van der Waals surface area (Å²) in [4.78, 5) is 11.8. The fourth-order valence-electron chi connectivity index (χ4n) is 2.17. The zero-order valence-electron chi connectivity index (χ0n) is 8.36. The van der Waals surface area contributed by atoms with Crippen molar-refractivity contribution in [2.24, 2.45) is 5.73 Å². The first kappa shape index (κ1) is 9.41. The van der Waals surface area contributed by atoms with Crippen LogP contribution < -0.4 is 5.73 Å². The number of ketones is 1. The molecular formula is C12H15NO. The summed E-state index contributed by atoms with van der Waals surface area (Å²) in [5.41, 5.74) is 8.12. The van der Waals surface area contributed by atoms with E-state index in [1.807, 2.05) is 18.2 Å². The van der Waals surface area contributed by atoms with Crippen molar-refractivity contribution in [1.29, 1.82) is 0 Å². The Hall–Kier alpha value is -1.15. The van der Waals surface area contributed by atoms with Crippen LogP contribution in [0, 0.1) is 0 Å². The number of carbonyl (C=O) groups excluding carboxylic acids is 1. The summed E-state index contributed by atoms with van der Waals surface area (Å²) >= 11 is 0. The molecule has 0 aromatic heterocycles. The average Bonchev–Trinajstić information content (AvgIpc) is 2.60. The van der Waals surface area contributed by atoms with Crippen molar-refractivity contribution < 1.29 is 4.79 Å². The Labute approximate surface area is 84.1 Å². The molecular weight excluding hydrogens is 174 g/mol. The maximum Gasteiger partial charge on any atom is 0.156 e. The van der Waals surface area contributed by atoms with Gasteiger partial charge in [0.25, 0.3) is 0 Å². The molecule has 0 spiro atoms. The smallest absolute Gasteiger partial charge is 0.156 e. The molecule has 2 rings (SSSR count). The van der Waals surface area contributed by atoms with Crippen molar-refractivity contribution in [2.75, 3.05) is 0 Å². The highest BCUT2D eigenvalue weighted by atomic mass is 16.1. The highest BCUT2D eigenvalue weighted by molar-refractivity contribution is 5.90. The second-order valence-electron chi connectivity index (χ2n) is 3.98. The van der Waals surface area contributed by atoms with Gasteiger partial charge >= 0.3 is 0 Å². The second kappa shape index (κ2) is 3.54. The molecule has 2 atom stereocenters. The Morgan fingerprint density at radius 3 is 2.93 bits per heavy atom. The number of Topliss-reactive ketones (excluding diaryl/α,β-unsaturated/α-hetero) is 1. The van der Waals surface area contributed by atoms with Gasteiger partial charge in [-0.2, -0.15) is 0 Å². The molecule has 0 heterocycles. The van der Waals surface area contributed by atoms with Crippen LogP contribution >= 0.6 is 0 Å². The molecule has 1 aromatic rings. The van der Waals surface area contributed by atoms with Crippen molar-refractivity contribution >= 4 is 5.78 Å². The van der Waals surface area contributed by atoms with Crippen molar-refractivity contribution in [3.8, 4) is 0 Å². The topological polar surface area (TPSA) is 43.1 Å². The Bertz CT molecular complexity index is 357. The third kappa shape index (κ3) is 1.46. The Balaban J connectivity index is 2.30. The summed E-state index contributed by atoms with van der Waals surface area (Å²) in [5, 5.41) is 0. The van der Waals surface area contributed by atoms with Crippen LogP contribution in [0.25, 0.3) is 0 Å². The number of carbonyl (C=O) groups is 1. The highest BCUT2D eigenvalue weighted by Gasteiger charge is 2.29. The molecule has 2 nitrogen and oxygen atoms in total. The molecule has 2 N–H and O–H groups in total. The molecule has 74 valence electrons. The minimum atomic E-state index is -0.342. The zero-order valence-corrected chi connectivity index (χ0v) is 8.36. The van der Waals surface area contributed by atoms with Gasteiger partial charge in [-0.25, -0.2) is 0 Å². The predicted octanol–water partition coefficient (Wildman–Crippen LogP) is 1.63. The first-order valence-electron chi connectivity index (χ1n) is 5.07. The Morgan fingerprint density at radius 1 is 1.50 bits per heavy atom. The number of rotatable bonds is 2. The Morgan fingerprint density at radius 2 is 2.21 bits per heavy atom. The van der Waals surface area contributed by atoms with Crippen LogP contribution in [0.5, 0.6) is 0 Å². The largest absolute Gasteiger partial charge is 0.322 e. The van der Waals surface area contributed by atoms with Gasteiger partial charge in [0.15, 0.2) is 5.78 Å². The lowest BCUT2D eigenvalue weighted by Crippen LogP contribution is -2.30. The van der Waals surface area contributed by atoms with Crippen LogP contribution in [-0.2, 0) is 11.2 Å². The summed E-state index contributed by atoms with van der Waals surface area (Å²) in [7, 11) is 0. The fourth-order valence-corrected chi connectivity index (χ4v) is 2.17. The molecule has 0 bridgehead atoms. The number of fused-ring (bicyclic) bond motifs is 1. The minimum absolute atomic E-state index is 0.0474. The lowest BCUT2D eigenvalue weighted by atomic mass is 9.93. The Kier molecular flexibility index (Phi) is 2.38. The summed E-state index contributed by atoms with van der Waals surface area (Å²) in [6, 6.07) is 7.83. The molecule has 0 fully saturated rings. The lowest BCUT2D eigenvalue weighted by molar-refractivity contribution is -0.121. The SMILES string of the molecule is CC(N)C(=O)C1CCc2ccccc21. The molecule has 0 saturated carbocycles. The number of hydrogen-bond acceptors (Lipinski definition) is 2. The summed E-state index contributed by atoms with van der Waals surface area (Å²) < 4.78 is 0. The first-order chi connectivity index (χ1) is 6.70. The molecule has 0 saturated heterocycles. The molecule has 2 heteroatoms. The van der Waals surface area contributed by atoms with Gasteiger partial charge < -0.3 is 5.73 Å². The molecule has 1 aliphatic carbocycles. The molecule has 1 aliphatic rings. The van der Waals surface area contributed by atoms with E-state index in [1.165, 1.54) is 11.1 Å². The number of nitrogens with two attached hydrogens (primary N) is 1. The van der Waals surface area contributed by atoms with E-state index in [0.717, 1.165) is 12.8 Å².